The summed E-state index contributed by atoms with van der Waals surface area (Å²) in [5, 5.41) is 9.31. The number of benzene rings is 1. The molecule has 1 unspecified atom stereocenters. The van der Waals surface area contributed by atoms with Gasteiger partial charge in [-0.05, 0) is 6.07 Å². The number of nitriles is 1. The summed E-state index contributed by atoms with van der Waals surface area (Å²) in [5.74, 6) is 0.570. The van der Waals surface area contributed by atoms with Gasteiger partial charge in [0.2, 0.25) is 5.88 Å². The number of rotatable bonds is 4. The lowest BCUT2D eigenvalue weighted by molar-refractivity contribution is 0.265. The molecule has 1 atom stereocenters. The van der Waals surface area contributed by atoms with Crippen molar-refractivity contribution in [3.63, 3.8) is 0 Å². The monoisotopic (exact) mass is 310 g/mol. The maximum Gasteiger partial charge on any atom is 0.343 e. The molecule has 1 aliphatic rings. The lowest BCUT2D eigenvalue weighted by Gasteiger charge is -2.30. The number of nitrogens with zero attached hydrogens (tertiary/aromatic N) is 1. The second kappa shape index (κ2) is 5.78. The average Bonchev–Trinajstić information content (AvgIpc) is 2.52. The van der Waals surface area contributed by atoms with E-state index in [1.165, 1.54) is 21.3 Å². The van der Waals surface area contributed by atoms with E-state index < -0.39 is 13.3 Å². The molecule has 0 bridgehead atoms. The van der Waals surface area contributed by atoms with E-state index in [0.717, 1.165) is 0 Å². The summed E-state index contributed by atoms with van der Waals surface area (Å²) >= 11 is 0. The maximum atomic E-state index is 12.8. The lowest BCUT2D eigenvalue weighted by atomic mass is 10.0. The highest BCUT2D eigenvalue weighted by Crippen LogP contribution is 2.66. The van der Waals surface area contributed by atoms with Crippen LogP contribution in [0.15, 0.2) is 29.7 Å². The molecule has 7 nitrogen and oxygen atoms in total. The molecule has 1 aromatic carbocycles. The standard InChI is InChI=1S/C13H15N2O5P/c1-17-10-6-4-5-8-11(10)20-13(15)9(7-14)12(8)21(16,18-2)19-3/h4-6,12H,15H2,1-3H3. The van der Waals surface area contributed by atoms with E-state index >= 15 is 0 Å². The van der Waals surface area contributed by atoms with Crippen molar-refractivity contribution >= 4 is 7.60 Å². The van der Waals surface area contributed by atoms with Gasteiger partial charge < -0.3 is 24.3 Å². The zero-order valence-corrected chi connectivity index (χ0v) is 12.7. The van der Waals surface area contributed by atoms with Gasteiger partial charge in [-0.15, -0.1) is 0 Å². The minimum Gasteiger partial charge on any atom is -0.493 e. The van der Waals surface area contributed by atoms with Crippen molar-refractivity contribution in [2.45, 2.75) is 5.66 Å². The number of allylic oxidation sites excluding steroid dienone is 1. The highest BCUT2D eigenvalue weighted by Gasteiger charge is 2.45. The molecule has 0 saturated carbocycles. The van der Waals surface area contributed by atoms with Crippen molar-refractivity contribution in [1.29, 1.82) is 5.26 Å². The Labute approximate surface area is 122 Å². The average molecular weight is 310 g/mol. The zero-order chi connectivity index (χ0) is 15.6. The van der Waals surface area contributed by atoms with E-state index in [9.17, 15) is 9.83 Å². The number of nitrogens with two attached hydrogens (primary N) is 1. The molecular formula is C13H15N2O5P. The fourth-order valence-electron chi connectivity index (χ4n) is 2.20. The molecule has 0 aliphatic carbocycles. The SMILES string of the molecule is COc1cccc2c1OC(N)=C(C#N)C2P(=O)(OC)OC. The van der Waals surface area contributed by atoms with Crippen LogP contribution in [0.3, 0.4) is 0 Å². The van der Waals surface area contributed by atoms with Crippen LogP contribution in [0.4, 0.5) is 0 Å². The van der Waals surface area contributed by atoms with E-state index in [2.05, 4.69) is 0 Å². The predicted octanol–water partition coefficient (Wildman–Crippen LogP) is 2.31. The second-order valence-corrected chi connectivity index (χ2v) is 6.50. The van der Waals surface area contributed by atoms with Gasteiger partial charge in [0.25, 0.3) is 0 Å². The first-order valence-corrected chi connectivity index (χ1v) is 7.59. The Morgan fingerprint density at radius 2 is 2.00 bits per heavy atom. The van der Waals surface area contributed by atoms with E-state index in [4.69, 9.17) is 24.3 Å². The summed E-state index contributed by atoms with van der Waals surface area (Å²) in [4.78, 5) is 0. The van der Waals surface area contributed by atoms with E-state index in [1.807, 2.05) is 6.07 Å². The fourth-order valence-corrected chi connectivity index (χ4v) is 3.82. The first-order valence-electron chi connectivity index (χ1n) is 5.98. The van der Waals surface area contributed by atoms with Crippen molar-refractivity contribution in [1.82, 2.24) is 0 Å². The minimum atomic E-state index is -3.63. The van der Waals surface area contributed by atoms with Crippen LogP contribution in [0.2, 0.25) is 0 Å². The minimum absolute atomic E-state index is 0.00258. The van der Waals surface area contributed by atoms with Crippen molar-refractivity contribution in [3.05, 3.63) is 35.2 Å². The number of para-hydroxylation sites is 1. The summed E-state index contributed by atoms with van der Waals surface area (Å²) in [5.41, 5.74) is 5.28. The van der Waals surface area contributed by atoms with Crippen LogP contribution < -0.4 is 15.2 Å². The zero-order valence-electron chi connectivity index (χ0n) is 11.8. The Hall–Kier alpha value is -2.00. The molecule has 112 valence electrons. The highest BCUT2D eigenvalue weighted by atomic mass is 31.2. The Morgan fingerprint density at radius 1 is 1.33 bits per heavy atom. The number of hydrogen-bond donors (Lipinski definition) is 1. The molecule has 0 spiro atoms. The fraction of sp³-hybridized carbons (Fsp3) is 0.308. The van der Waals surface area contributed by atoms with Crippen LogP contribution >= 0.6 is 7.60 Å². The van der Waals surface area contributed by atoms with Gasteiger partial charge in [0.1, 0.15) is 17.3 Å². The smallest absolute Gasteiger partial charge is 0.343 e. The summed E-state index contributed by atoms with van der Waals surface area (Å²) in [7, 11) is 0.356. The molecule has 0 saturated heterocycles. The third kappa shape index (κ3) is 2.38. The van der Waals surface area contributed by atoms with Crippen LogP contribution in [0, 0.1) is 11.3 Å². The topological polar surface area (TPSA) is 104 Å². The van der Waals surface area contributed by atoms with Gasteiger partial charge in [0.15, 0.2) is 11.5 Å². The van der Waals surface area contributed by atoms with Crippen molar-refractivity contribution < 1.29 is 23.1 Å². The Bertz CT molecular complexity index is 672. The molecule has 2 N–H and O–H groups in total. The van der Waals surface area contributed by atoms with Crippen molar-refractivity contribution in [2.75, 3.05) is 21.3 Å². The molecule has 0 aromatic heterocycles. The third-order valence-electron chi connectivity index (χ3n) is 3.22. The normalized spacial score (nSPS) is 17.7. The van der Waals surface area contributed by atoms with Crippen LogP contribution in [0.1, 0.15) is 11.2 Å². The number of fused-ring (bicyclic) bond motifs is 1. The molecule has 21 heavy (non-hydrogen) atoms. The molecule has 0 radical (unpaired) electrons. The van der Waals surface area contributed by atoms with E-state index in [-0.39, 0.29) is 11.5 Å². The van der Waals surface area contributed by atoms with Crippen LogP contribution in [0.5, 0.6) is 11.5 Å². The van der Waals surface area contributed by atoms with Gasteiger partial charge in [-0.2, -0.15) is 5.26 Å². The quantitative estimate of drug-likeness (QED) is 0.851. The summed E-state index contributed by atoms with van der Waals surface area (Å²) in [6, 6.07) is 6.94. The molecule has 8 heteroatoms. The molecular weight excluding hydrogens is 295 g/mol. The third-order valence-corrected chi connectivity index (χ3v) is 5.41. The second-order valence-electron chi connectivity index (χ2n) is 4.18. The number of methoxy groups -OCH3 is 1. The summed E-state index contributed by atoms with van der Waals surface area (Å²) < 4.78 is 33.5. The van der Waals surface area contributed by atoms with Crippen LogP contribution in [0.25, 0.3) is 0 Å². The van der Waals surface area contributed by atoms with E-state index in [1.54, 1.807) is 18.2 Å². The Kier molecular flexibility index (Phi) is 4.24. The Balaban J connectivity index is 2.74. The molecule has 1 aliphatic heterocycles. The van der Waals surface area contributed by atoms with Crippen molar-refractivity contribution in [3.8, 4) is 17.6 Å². The maximum absolute atomic E-state index is 12.8. The van der Waals surface area contributed by atoms with Gasteiger partial charge in [0, 0.05) is 19.8 Å². The molecule has 2 rings (SSSR count). The molecule has 0 amide bonds. The number of hydrogen-bond acceptors (Lipinski definition) is 7. The highest BCUT2D eigenvalue weighted by molar-refractivity contribution is 7.54. The number of ether oxygens (including phenoxy) is 2. The van der Waals surface area contributed by atoms with E-state index in [0.29, 0.717) is 17.1 Å². The molecule has 0 fully saturated rings. The first-order chi connectivity index (χ1) is 10.0. The van der Waals surface area contributed by atoms with Crippen molar-refractivity contribution in [2.24, 2.45) is 5.73 Å². The van der Waals surface area contributed by atoms with Gasteiger partial charge in [0.05, 0.1) is 7.11 Å². The Morgan fingerprint density at radius 3 is 2.52 bits per heavy atom. The van der Waals surface area contributed by atoms with Gasteiger partial charge in [-0.1, -0.05) is 12.1 Å². The van der Waals surface area contributed by atoms with Gasteiger partial charge >= 0.3 is 7.60 Å². The lowest BCUT2D eigenvalue weighted by Crippen LogP contribution is -2.21. The summed E-state index contributed by atoms with van der Waals surface area (Å²) in [6.07, 6.45) is 0. The predicted molar refractivity (Wildman–Crippen MR) is 74.8 cm³/mol. The van der Waals surface area contributed by atoms with Gasteiger partial charge in [-0.25, -0.2) is 0 Å². The first kappa shape index (κ1) is 15.4. The summed E-state index contributed by atoms with van der Waals surface area (Å²) in [6.45, 7) is 0. The molecule has 1 heterocycles. The van der Waals surface area contributed by atoms with Gasteiger partial charge in [-0.3, -0.25) is 4.57 Å². The molecule has 1 aromatic rings. The van der Waals surface area contributed by atoms with Crippen LogP contribution in [-0.2, 0) is 13.6 Å². The van der Waals surface area contributed by atoms with Crippen LogP contribution in [-0.4, -0.2) is 21.3 Å². The largest absolute Gasteiger partial charge is 0.493 e.